The quantitative estimate of drug-likeness (QED) is 0.780. The van der Waals surface area contributed by atoms with Gasteiger partial charge >= 0.3 is 0 Å². The molecule has 1 unspecified atom stereocenters. The minimum atomic E-state index is -3.32. The number of nitrogens with zero attached hydrogens (tertiary/aromatic N) is 1. The minimum absolute atomic E-state index is 0.420. The summed E-state index contributed by atoms with van der Waals surface area (Å²) in [6.07, 6.45) is 1.79. The van der Waals surface area contributed by atoms with E-state index in [1.165, 1.54) is 5.56 Å². The van der Waals surface area contributed by atoms with Crippen LogP contribution in [0.15, 0.2) is 65.6 Å². The predicted octanol–water partition coefficient (Wildman–Crippen LogP) is 4.12. The first-order valence-electron chi connectivity index (χ1n) is 8.97. The highest BCUT2D eigenvalue weighted by Crippen LogP contribution is 2.31. The molecule has 3 rings (SSSR count). The average Bonchev–Trinajstić information content (AvgIpc) is 3.10. The van der Waals surface area contributed by atoms with Crippen molar-refractivity contribution >= 4 is 9.84 Å². The summed E-state index contributed by atoms with van der Waals surface area (Å²) in [7, 11) is -3.32. The molecule has 134 valence electrons. The fraction of sp³-hybridized carbons (Fsp3) is 0.429. The topological polar surface area (TPSA) is 37.4 Å². The maximum atomic E-state index is 12.9. The van der Waals surface area contributed by atoms with Gasteiger partial charge in [0.25, 0.3) is 0 Å². The molecule has 1 heterocycles. The van der Waals surface area contributed by atoms with Gasteiger partial charge in [-0.05, 0) is 63.4 Å². The van der Waals surface area contributed by atoms with Crippen molar-refractivity contribution in [3.05, 3.63) is 66.2 Å². The maximum Gasteiger partial charge on any atom is 0.183 e. The van der Waals surface area contributed by atoms with E-state index in [0.717, 1.165) is 26.1 Å². The van der Waals surface area contributed by atoms with Crippen LogP contribution in [0.5, 0.6) is 0 Å². The predicted molar refractivity (Wildman–Crippen MR) is 103 cm³/mol. The summed E-state index contributed by atoms with van der Waals surface area (Å²) in [5.74, 6) is 0.565. The van der Waals surface area contributed by atoms with Crippen molar-refractivity contribution in [1.29, 1.82) is 0 Å². The first-order valence-corrected chi connectivity index (χ1v) is 10.5. The molecule has 0 bridgehead atoms. The third-order valence-corrected chi connectivity index (χ3v) is 7.91. The Hall–Kier alpha value is -1.65. The third-order valence-electron chi connectivity index (χ3n) is 5.35. The lowest BCUT2D eigenvalue weighted by atomic mass is 9.99. The highest BCUT2D eigenvalue weighted by atomic mass is 32.2. The van der Waals surface area contributed by atoms with E-state index in [0.29, 0.717) is 17.2 Å². The summed E-state index contributed by atoms with van der Waals surface area (Å²) in [5, 5.41) is 0. The maximum absolute atomic E-state index is 12.9. The van der Waals surface area contributed by atoms with Crippen LogP contribution in [0.3, 0.4) is 0 Å². The first kappa shape index (κ1) is 18.2. The van der Waals surface area contributed by atoms with Crippen LogP contribution in [-0.2, 0) is 9.84 Å². The molecule has 0 amide bonds. The lowest BCUT2D eigenvalue weighted by Crippen LogP contribution is -2.36. The molecule has 25 heavy (non-hydrogen) atoms. The molecule has 1 aliphatic rings. The Morgan fingerprint density at radius 2 is 1.60 bits per heavy atom. The Morgan fingerprint density at radius 3 is 2.24 bits per heavy atom. The van der Waals surface area contributed by atoms with Gasteiger partial charge in [-0.3, -0.25) is 0 Å². The second-order valence-electron chi connectivity index (χ2n) is 7.52. The molecule has 0 saturated carbocycles. The Labute approximate surface area is 151 Å². The number of rotatable bonds is 6. The number of likely N-dealkylation sites (tertiary alicyclic amines) is 1. The number of hydrogen-bond donors (Lipinski definition) is 0. The van der Waals surface area contributed by atoms with Gasteiger partial charge in [-0.15, -0.1) is 0 Å². The summed E-state index contributed by atoms with van der Waals surface area (Å²) in [6.45, 7) is 6.58. The second kappa shape index (κ2) is 7.30. The van der Waals surface area contributed by atoms with Crippen LogP contribution >= 0.6 is 0 Å². The largest absolute Gasteiger partial charge is 0.303 e. The first-order chi connectivity index (χ1) is 11.9. The van der Waals surface area contributed by atoms with Gasteiger partial charge in [-0.1, -0.05) is 48.5 Å². The number of hydrogen-bond acceptors (Lipinski definition) is 3. The Morgan fingerprint density at radius 1 is 1.00 bits per heavy atom. The standard InChI is InChI=1S/C21H27NO2S/c1-21(2,25(23,24)20-11-7-4-8-12-20)14-16-22-15-13-19(17-22)18-9-5-3-6-10-18/h3-12,19H,13-17H2,1-2H3. The van der Waals surface area contributed by atoms with Crippen molar-refractivity contribution in [2.45, 2.75) is 42.2 Å². The van der Waals surface area contributed by atoms with Crippen LogP contribution in [0.4, 0.5) is 0 Å². The Balaban J connectivity index is 1.61. The zero-order valence-corrected chi connectivity index (χ0v) is 15.9. The number of sulfone groups is 1. The Kier molecular flexibility index (Phi) is 5.30. The van der Waals surface area contributed by atoms with Crippen molar-refractivity contribution in [1.82, 2.24) is 4.90 Å². The molecule has 3 nitrogen and oxygen atoms in total. The molecule has 0 aromatic heterocycles. The minimum Gasteiger partial charge on any atom is -0.303 e. The SMILES string of the molecule is CC(C)(CCN1CCC(c2ccccc2)C1)S(=O)(=O)c1ccccc1. The fourth-order valence-electron chi connectivity index (χ4n) is 3.51. The van der Waals surface area contributed by atoms with Gasteiger partial charge in [0.1, 0.15) is 0 Å². The summed E-state index contributed by atoms with van der Waals surface area (Å²) < 4.78 is 25.1. The zero-order chi connectivity index (χ0) is 17.9. The van der Waals surface area contributed by atoms with Crippen molar-refractivity contribution in [3.8, 4) is 0 Å². The van der Waals surface area contributed by atoms with E-state index in [1.54, 1.807) is 24.3 Å². The molecule has 4 heteroatoms. The van der Waals surface area contributed by atoms with Crippen molar-refractivity contribution < 1.29 is 8.42 Å². The van der Waals surface area contributed by atoms with E-state index in [1.807, 2.05) is 26.0 Å². The van der Waals surface area contributed by atoms with Gasteiger partial charge in [0, 0.05) is 6.54 Å². The van der Waals surface area contributed by atoms with E-state index in [4.69, 9.17) is 0 Å². The summed E-state index contributed by atoms with van der Waals surface area (Å²) >= 11 is 0. The van der Waals surface area contributed by atoms with Gasteiger partial charge in [0.15, 0.2) is 9.84 Å². The van der Waals surface area contributed by atoms with E-state index in [-0.39, 0.29) is 0 Å². The highest BCUT2D eigenvalue weighted by molar-refractivity contribution is 7.92. The molecule has 0 radical (unpaired) electrons. The van der Waals surface area contributed by atoms with Crippen LogP contribution in [0.25, 0.3) is 0 Å². The van der Waals surface area contributed by atoms with Crippen LogP contribution in [0.1, 0.15) is 38.2 Å². The van der Waals surface area contributed by atoms with Crippen LogP contribution in [0, 0.1) is 0 Å². The zero-order valence-electron chi connectivity index (χ0n) is 15.1. The molecular weight excluding hydrogens is 330 g/mol. The van der Waals surface area contributed by atoms with E-state index < -0.39 is 14.6 Å². The number of benzene rings is 2. The Bertz CT molecular complexity index is 785. The molecule has 1 saturated heterocycles. The van der Waals surface area contributed by atoms with Crippen LogP contribution < -0.4 is 0 Å². The monoisotopic (exact) mass is 357 g/mol. The third kappa shape index (κ3) is 3.96. The summed E-state index contributed by atoms with van der Waals surface area (Å²) in [6, 6.07) is 19.4. The van der Waals surface area contributed by atoms with E-state index in [9.17, 15) is 8.42 Å². The normalized spacial score (nSPS) is 19.2. The summed E-state index contributed by atoms with van der Waals surface area (Å²) in [5.41, 5.74) is 1.39. The van der Waals surface area contributed by atoms with E-state index in [2.05, 4.69) is 29.2 Å². The molecule has 2 aromatic carbocycles. The molecule has 0 spiro atoms. The fourth-order valence-corrected chi connectivity index (χ4v) is 5.03. The van der Waals surface area contributed by atoms with Crippen molar-refractivity contribution in [2.24, 2.45) is 0 Å². The smallest absolute Gasteiger partial charge is 0.183 e. The second-order valence-corrected chi connectivity index (χ2v) is 10.1. The van der Waals surface area contributed by atoms with Gasteiger partial charge < -0.3 is 4.90 Å². The van der Waals surface area contributed by atoms with E-state index >= 15 is 0 Å². The molecule has 1 fully saturated rings. The molecule has 1 aliphatic heterocycles. The highest BCUT2D eigenvalue weighted by Gasteiger charge is 2.36. The molecule has 0 N–H and O–H groups in total. The lowest BCUT2D eigenvalue weighted by Gasteiger charge is -2.27. The molecule has 1 atom stereocenters. The molecule has 0 aliphatic carbocycles. The molecule has 2 aromatic rings. The average molecular weight is 358 g/mol. The van der Waals surface area contributed by atoms with Crippen molar-refractivity contribution in [2.75, 3.05) is 19.6 Å². The molecular formula is C21H27NO2S. The van der Waals surface area contributed by atoms with Gasteiger partial charge in [-0.2, -0.15) is 0 Å². The van der Waals surface area contributed by atoms with Gasteiger partial charge in [-0.25, -0.2) is 8.42 Å². The van der Waals surface area contributed by atoms with Crippen molar-refractivity contribution in [3.63, 3.8) is 0 Å². The van der Waals surface area contributed by atoms with Gasteiger partial charge in [0.05, 0.1) is 9.64 Å². The van der Waals surface area contributed by atoms with Crippen LogP contribution in [0.2, 0.25) is 0 Å². The lowest BCUT2D eigenvalue weighted by molar-refractivity contribution is 0.313. The summed E-state index contributed by atoms with van der Waals surface area (Å²) in [4.78, 5) is 2.82. The van der Waals surface area contributed by atoms with Gasteiger partial charge in [0.2, 0.25) is 0 Å². The van der Waals surface area contributed by atoms with Crippen LogP contribution in [-0.4, -0.2) is 37.7 Å².